The first kappa shape index (κ1) is 13.5. The average Bonchev–Trinajstić information content (AvgIpc) is 2.61. The van der Waals surface area contributed by atoms with Crippen LogP contribution in [-0.2, 0) is 16.0 Å². The van der Waals surface area contributed by atoms with Gasteiger partial charge in [-0.05, 0) is 31.4 Å². The van der Waals surface area contributed by atoms with Crippen LogP contribution in [0.25, 0.3) is 0 Å². The standard InChI is InChI=1S/C13H19NO3/c1-5-11(15)13-8(2)10(9(3)14-13)6-7-12(16)17-4/h14H,5-7H2,1-4H3. The fourth-order valence-corrected chi connectivity index (χ4v) is 1.95. The predicted molar refractivity (Wildman–Crippen MR) is 65.2 cm³/mol. The summed E-state index contributed by atoms with van der Waals surface area (Å²) in [6, 6.07) is 0. The van der Waals surface area contributed by atoms with Gasteiger partial charge in [0.05, 0.1) is 12.8 Å². The van der Waals surface area contributed by atoms with Crippen LogP contribution in [0.5, 0.6) is 0 Å². The number of H-pyrrole nitrogens is 1. The fourth-order valence-electron chi connectivity index (χ4n) is 1.95. The number of ketones is 1. The number of aromatic amines is 1. The molecule has 0 saturated heterocycles. The molecule has 4 heteroatoms. The minimum Gasteiger partial charge on any atom is -0.469 e. The molecule has 0 bridgehead atoms. The third kappa shape index (κ3) is 2.96. The number of nitrogens with one attached hydrogen (secondary N) is 1. The highest BCUT2D eigenvalue weighted by Crippen LogP contribution is 2.20. The number of hydrogen-bond acceptors (Lipinski definition) is 3. The van der Waals surface area contributed by atoms with Gasteiger partial charge >= 0.3 is 5.97 Å². The number of hydrogen-bond donors (Lipinski definition) is 1. The smallest absolute Gasteiger partial charge is 0.305 e. The van der Waals surface area contributed by atoms with Gasteiger partial charge in [0.1, 0.15) is 0 Å². The molecule has 0 amide bonds. The van der Waals surface area contributed by atoms with E-state index in [-0.39, 0.29) is 11.8 Å². The van der Waals surface area contributed by atoms with Crippen LogP contribution in [-0.4, -0.2) is 23.8 Å². The number of rotatable bonds is 5. The van der Waals surface area contributed by atoms with Crippen molar-refractivity contribution in [3.05, 3.63) is 22.5 Å². The second kappa shape index (κ2) is 5.66. The van der Waals surface area contributed by atoms with E-state index in [9.17, 15) is 9.59 Å². The summed E-state index contributed by atoms with van der Waals surface area (Å²) in [4.78, 5) is 25.9. The Morgan fingerprint density at radius 3 is 2.47 bits per heavy atom. The summed E-state index contributed by atoms with van der Waals surface area (Å²) in [5, 5.41) is 0. The molecular formula is C13H19NO3. The lowest BCUT2D eigenvalue weighted by molar-refractivity contribution is -0.140. The molecule has 0 aliphatic heterocycles. The molecule has 0 atom stereocenters. The summed E-state index contributed by atoms with van der Waals surface area (Å²) >= 11 is 0. The van der Waals surface area contributed by atoms with Gasteiger partial charge in [-0.25, -0.2) is 0 Å². The van der Waals surface area contributed by atoms with Crippen LogP contribution in [0.15, 0.2) is 0 Å². The third-order valence-electron chi connectivity index (χ3n) is 3.00. The molecule has 0 aliphatic carbocycles. The Balaban J connectivity index is 2.90. The van der Waals surface area contributed by atoms with Crippen LogP contribution < -0.4 is 0 Å². The molecule has 0 unspecified atom stereocenters. The Morgan fingerprint density at radius 1 is 1.29 bits per heavy atom. The van der Waals surface area contributed by atoms with Crippen molar-refractivity contribution in [1.82, 2.24) is 4.98 Å². The maximum absolute atomic E-state index is 11.7. The number of aromatic nitrogens is 1. The lowest BCUT2D eigenvalue weighted by atomic mass is 10.0. The number of esters is 1. The van der Waals surface area contributed by atoms with Crippen molar-refractivity contribution in [2.45, 2.75) is 40.0 Å². The lowest BCUT2D eigenvalue weighted by Crippen LogP contribution is -2.03. The minimum atomic E-state index is -0.228. The van der Waals surface area contributed by atoms with Gasteiger partial charge in [0, 0.05) is 18.5 Å². The molecule has 4 nitrogen and oxygen atoms in total. The van der Waals surface area contributed by atoms with E-state index >= 15 is 0 Å². The molecule has 0 aliphatic rings. The van der Waals surface area contributed by atoms with Crippen molar-refractivity contribution in [2.24, 2.45) is 0 Å². The number of ether oxygens (including phenoxy) is 1. The quantitative estimate of drug-likeness (QED) is 0.631. The molecular weight excluding hydrogens is 218 g/mol. The summed E-state index contributed by atoms with van der Waals surface area (Å²) in [6.07, 6.45) is 1.44. The molecule has 0 spiro atoms. The van der Waals surface area contributed by atoms with E-state index in [0.29, 0.717) is 25.0 Å². The molecule has 1 aromatic rings. The molecule has 0 aromatic carbocycles. The number of carbonyl (C=O) groups excluding carboxylic acids is 2. The number of methoxy groups -OCH3 is 1. The molecule has 0 fully saturated rings. The highest BCUT2D eigenvalue weighted by molar-refractivity contribution is 5.96. The molecule has 94 valence electrons. The highest BCUT2D eigenvalue weighted by atomic mass is 16.5. The van der Waals surface area contributed by atoms with Crippen molar-refractivity contribution in [1.29, 1.82) is 0 Å². The van der Waals surface area contributed by atoms with Crippen molar-refractivity contribution >= 4 is 11.8 Å². The van der Waals surface area contributed by atoms with Gasteiger partial charge in [0.15, 0.2) is 5.78 Å². The van der Waals surface area contributed by atoms with Crippen molar-refractivity contribution in [3.63, 3.8) is 0 Å². The van der Waals surface area contributed by atoms with Crippen LogP contribution in [0.3, 0.4) is 0 Å². The van der Waals surface area contributed by atoms with E-state index in [0.717, 1.165) is 16.8 Å². The second-order valence-electron chi connectivity index (χ2n) is 4.08. The highest BCUT2D eigenvalue weighted by Gasteiger charge is 2.16. The molecule has 1 aromatic heterocycles. The topological polar surface area (TPSA) is 59.2 Å². The van der Waals surface area contributed by atoms with E-state index in [2.05, 4.69) is 9.72 Å². The Morgan fingerprint density at radius 2 is 1.94 bits per heavy atom. The van der Waals surface area contributed by atoms with E-state index in [1.54, 1.807) is 0 Å². The molecule has 0 radical (unpaired) electrons. The molecule has 17 heavy (non-hydrogen) atoms. The van der Waals surface area contributed by atoms with Gasteiger partial charge in [-0.1, -0.05) is 6.92 Å². The van der Waals surface area contributed by atoms with E-state index in [4.69, 9.17) is 0 Å². The van der Waals surface area contributed by atoms with Crippen molar-refractivity contribution < 1.29 is 14.3 Å². The monoisotopic (exact) mass is 237 g/mol. The van der Waals surface area contributed by atoms with Gasteiger partial charge in [-0.3, -0.25) is 9.59 Å². The number of Topliss-reactive ketones (excluding diaryl/α,β-unsaturated/α-hetero) is 1. The predicted octanol–water partition coefficient (Wildman–Crippen LogP) is 2.33. The van der Waals surface area contributed by atoms with Crippen LogP contribution in [0.2, 0.25) is 0 Å². The first-order chi connectivity index (χ1) is 8.01. The zero-order valence-corrected chi connectivity index (χ0v) is 10.8. The average molecular weight is 237 g/mol. The third-order valence-corrected chi connectivity index (χ3v) is 3.00. The maximum Gasteiger partial charge on any atom is 0.305 e. The maximum atomic E-state index is 11.7. The second-order valence-corrected chi connectivity index (χ2v) is 4.08. The Hall–Kier alpha value is -1.58. The van der Waals surface area contributed by atoms with E-state index in [1.807, 2.05) is 20.8 Å². The first-order valence-electron chi connectivity index (χ1n) is 5.79. The SMILES string of the molecule is CCC(=O)c1[nH]c(C)c(CCC(=O)OC)c1C. The van der Waals surface area contributed by atoms with Crippen molar-refractivity contribution in [3.8, 4) is 0 Å². The molecule has 0 saturated carbocycles. The van der Waals surface area contributed by atoms with Gasteiger partial charge < -0.3 is 9.72 Å². The molecule has 1 heterocycles. The van der Waals surface area contributed by atoms with Gasteiger partial charge in [0.25, 0.3) is 0 Å². The summed E-state index contributed by atoms with van der Waals surface area (Å²) in [6.45, 7) is 5.68. The summed E-state index contributed by atoms with van der Waals surface area (Å²) < 4.78 is 4.61. The Kier molecular flexibility index (Phi) is 4.49. The van der Waals surface area contributed by atoms with Crippen LogP contribution in [0.1, 0.15) is 47.1 Å². The molecule has 1 N–H and O–H groups in total. The minimum absolute atomic E-state index is 0.106. The number of carbonyl (C=O) groups is 2. The first-order valence-corrected chi connectivity index (χ1v) is 5.79. The van der Waals surface area contributed by atoms with Crippen LogP contribution in [0, 0.1) is 13.8 Å². The Bertz CT molecular complexity index is 432. The van der Waals surface area contributed by atoms with Crippen molar-refractivity contribution in [2.75, 3.05) is 7.11 Å². The summed E-state index contributed by atoms with van der Waals surface area (Å²) in [7, 11) is 1.38. The zero-order chi connectivity index (χ0) is 13.0. The van der Waals surface area contributed by atoms with E-state index in [1.165, 1.54) is 7.11 Å². The van der Waals surface area contributed by atoms with Gasteiger partial charge in [-0.2, -0.15) is 0 Å². The van der Waals surface area contributed by atoms with Gasteiger partial charge in [0.2, 0.25) is 0 Å². The van der Waals surface area contributed by atoms with E-state index < -0.39 is 0 Å². The summed E-state index contributed by atoms with van der Waals surface area (Å²) in [5.41, 5.74) is 3.64. The van der Waals surface area contributed by atoms with Crippen LogP contribution in [0.4, 0.5) is 0 Å². The zero-order valence-electron chi connectivity index (χ0n) is 10.8. The van der Waals surface area contributed by atoms with Crippen LogP contribution >= 0.6 is 0 Å². The molecule has 1 rings (SSSR count). The summed E-state index contributed by atoms with van der Waals surface area (Å²) in [5.74, 6) is -0.122. The number of aryl methyl sites for hydroxylation is 1. The largest absolute Gasteiger partial charge is 0.469 e. The lowest BCUT2D eigenvalue weighted by Gasteiger charge is -2.02. The fraction of sp³-hybridized carbons (Fsp3) is 0.538. The Labute approximate surface area is 101 Å². The normalized spacial score (nSPS) is 10.4. The van der Waals surface area contributed by atoms with Gasteiger partial charge in [-0.15, -0.1) is 0 Å².